The highest BCUT2D eigenvalue weighted by molar-refractivity contribution is 5.76. The second kappa shape index (κ2) is 5.52. The third-order valence-corrected chi connectivity index (χ3v) is 3.07. The minimum absolute atomic E-state index is 0.0278. The first-order chi connectivity index (χ1) is 9.50. The van der Waals surface area contributed by atoms with E-state index in [9.17, 15) is 20.0 Å². The largest absolute Gasteiger partial charge is 0.481 e. The Morgan fingerprint density at radius 1 is 1.45 bits per heavy atom. The van der Waals surface area contributed by atoms with Crippen LogP contribution >= 0.6 is 0 Å². The first-order valence-corrected chi connectivity index (χ1v) is 5.96. The molecule has 1 unspecified atom stereocenters. The fourth-order valence-electron chi connectivity index (χ4n) is 2.08. The summed E-state index contributed by atoms with van der Waals surface area (Å²) >= 11 is 0. The molecule has 7 nitrogen and oxygen atoms in total. The minimum Gasteiger partial charge on any atom is -0.481 e. The monoisotopic (exact) mass is 275 g/mol. The van der Waals surface area contributed by atoms with Crippen molar-refractivity contribution >= 4 is 11.7 Å². The quantitative estimate of drug-likeness (QED) is 0.641. The summed E-state index contributed by atoms with van der Waals surface area (Å²) < 4.78 is 0. The number of H-pyrrole nitrogens is 1. The van der Waals surface area contributed by atoms with Gasteiger partial charge in [0.2, 0.25) is 0 Å². The van der Waals surface area contributed by atoms with Gasteiger partial charge in [-0.05, 0) is 12.5 Å². The van der Waals surface area contributed by atoms with E-state index in [2.05, 4.69) is 10.2 Å². The summed E-state index contributed by atoms with van der Waals surface area (Å²) in [5.41, 5.74) is 0.924. The zero-order chi connectivity index (χ0) is 14.7. The average Bonchev–Trinajstić information content (AvgIpc) is 2.77. The smallest absolute Gasteiger partial charge is 0.312 e. The van der Waals surface area contributed by atoms with Gasteiger partial charge in [0.15, 0.2) is 0 Å². The van der Waals surface area contributed by atoms with Gasteiger partial charge in [0.05, 0.1) is 10.8 Å². The van der Waals surface area contributed by atoms with Crippen molar-refractivity contribution in [3.8, 4) is 0 Å². The van der Waals surface area contributed by atoms with Crippen LogP contribution in [0, 0.1) is 17.0 Å². The molecule has 0 saturated heterocycles. The lowest BCUT2D eigenvalue weighted by Gasteiger charge is -2.10. The molecule has 0 amide bonds. The van der Waals surface area contributed by atoms with Crippen molar-refractivity contribution in [1.82, 2.24) is 10.2 Å². The van der Waals surface area contributed by atoms with Gasteiger partial charge in [0, 0.05) is 6.42 Å². The van der Waals surface area contributed by atoms with E-state index in [1.807, 2.05) is 0 Å². The molecule has 0 radical (unpaired) electrons. The topological polar surface area (TPSA) is 109 Å². The number of hydrogen-bond acceptors (Lipinski definition) is 4. The highest BCUT2D eigenvalue weighted by Crippen LogP contribution is 2.27. The second-order valence-corrected chi connectivity index (χ2v) is 4.41. The Hall–Kier alpha value is -2.70. The van der Waals surface area contributed by atoms with E-state index >= 15 is 0 Å². The number of aromatic amines is 1. The van der Waals surface area contributed by atoms with Crippen molar-refractivity contribution in [3.63, 3.8) is 0 Å². The Kier molecular flexibility index (Phi) is 3.79. The molecule has 1 atom stereocenters. The van der Waals surface area contributed by atoms with Crippen LogP contribution in [-0.4, -0.2) is 26.2 Å². The molecule has 20 heavy (non-hydrogen) atoms. The molecule has 104 valence electrons. The number of aryl methyl sites for hydroxylation is 1. The SMILES string of the molecule is Cc1[nH]nc(CC(C(=O)O)c2ccccc2)c1[N+](=O)[O-]. The number of nitrogens with one attached hydrogen (secondary N) is 1. The molecule has 0 aliphatic heterocycles. The van der Waals surface area contributed by atoms with E-state index < -0.39 is 16.8 Å². The van der Waals surface area contributed by atoms with E-state index in [0.29, 0.717) is 11.3 Å². The van der Waals surface area contributed by atoms with Gasteiger partial charge in [0.25, 0.3) is 0 Å². The van der Waals surface area contributed by atoms with Crippen LogP contribution in [0.2, 0.25) is 0 Å². The molecule has 0 fully saturated rings. The Balaban J connectivity index is 2.35. The van der Waals surface area contributed by atoms with Crippen molar-refractivity contribution in [2.75, 3.05) is 0 Å². The van der Waals surface area contributed by atoms with Gasteiger partial charge in [-0.15, -0.1) is 0 Å². The first-order valence-electron chi connectivity index (χ1n) is 5.96. The molecular weight excluding hydrogens is 262 g/mol. The summed E-state index contributed by atoms with van der Waals surface area (Å²) in [6.07, 6.45) is -0.0278. The van der Waals surface area contributed by atoms with Crippen LogP contribution in [0.1, 0.15) is 22.9 Å². The molecule has 0 aliphatic rings. The predicted molar refractivity (Wildman–Crippen MR) is 70.5 cm³/mol. The molecule has 0 bridgehead atoms. The highest BCUT2D eigenvalue weighted by Gasteiger charge is 2.28. The lowest BCUT2D eigenvalue weighted by atomic mass is 9.94. The number of aliphatic carboxylic acids is 1. The summed E-state index contributed by atoms with van der Waals surface area (Å²) in [6, 6.07) is 8.61. The summed E-state index contributed by atoms with van der Waals surface area (Å²) in [7, 11) is 0. The van der Waals surface area contributed by atoms with Crippen LogP contribution in [0.5, 0.6) is 0 Å². The van der Waals surface area contributed by atoms with Crippen molar-refractivity contribution in [2.24, 2.45) is 0 Å². The van der Waals surface area contributed by atoms with E-state index in [4.69, 9.17) is 0 Å². The highest BCUT2D eigenvalue weighted by atomic mass is 16.6. The lowest BCUT2D eigenvalue weighted by molar-refractivity contribution is -0.386. The van der Waals surface area contributed by atoms with Crippen molar-refractivity contribution in [2.45, 2.75) is 19.3 Å². The third kappa shape index (κ3) is 2.66. The molecule has 2 N–H and O–H groups in total. The molecule has 0 spiro atoms. The average molecular weight is 275 g/mol. The minimum atomic E-state index is -1.04. The summed E-state index contributed by atoms with van der Waals surface area (Å²) in [5.74, 6) is -1.90. The number of aromatic nitrogens is 2. The van der Waals surface area contributed by atoms with E-state index in [0.717, 1.165) is 0 Å². The zero-order valence-electron chi connectivity index (χ0n) is 10.7. The summed E-state index contributed by atoms with van der Waals surface area (Å²) in [5, 5.41) is 26.7. The van der Waals surface area contributed by atoms with Crippen LogP contribution in [0.15, 0.2) is 30.3 Å². The molecule has 0 aliphatic carbocycles. The number of carbonyl (C=O) groups is 1. The van der Waals surface area contributed by atoms with Gasteiger partial charge in [0.1, 0.15) is 11.4 Å². The predicted octanol–water partition coefficient (Wildman–Crippen LogP) is 2.04. The third-order valence-electron chi connectivity index (χ3n) is 3.07. The Bertz CT molecular complexity index is 636. The Morgan fingerprint density at radius 3 is 2.65 bits per heavy atom. The molecule has 1 aromatic carbocycles. The number of benzene rings is 1. The lowest BCUT2D eigenvalue weighted by Crippen LogP contribution is -2.15. The number of carboxylic acids is 1. The Labute approximate surface area is 114 Å². The van der Waals surface area contributed by atoms with Crippen LogP contribution in [0.4, 0.5) is 5.69 Å². The Morgan fingerprint density at radius 2 is 2.10 bits per heavy atom. The van der Waals surface area contributed by atoms with Crippen molar-refractivity contribution < 1.29 is 14.8 Å². The zero-order valence-corrected chi connectivity index (χ0v) is 10.7. The van der Waals surface area contributed by atoms with Crippen LogP contribution in [0.3, 0.4) is 0 Å². The van der Waals surface area contributed by atoms with Gasteiger partial charge in [-0.1, -0.05) is 30.3 Å². The van der Waals surface area contributed by atoms with E-state index in [1.165, 1.54) is 6.92 Å². The summed E-state index contributed by atoms with van der Waals surface area (Å²) in [6.45, 7) is 1.53. The maximum absolute atomic E-state index is 11.4. The van der Waals surface area contributed by atoms with Crippen LogP contribution in [-0.2, 0) is 11.2 Å². The number of hydrogen-bond donors (Lipinski definition) is 2. The number of rotatable bonds is 5. The second-order valence-electron chi connectivity index (χ2n) is 4.41. The molecule has 0 saturated carbocycles. The maximum atomic E-state index is 11.4. The van der Waals surface area contributed by atoms with Gasteiger partial charge >= 0.3 is 11.7 Å². The van der Waals surface area contributed by atoms with E-state index in [-0.39, 0.29) is 17.8 Å². The maximum Gasteiger partial charge on any atom is 0.312 e. The fourth-order valence-corrected chi connectivity index (χ4v) is 2.08. The molecule has 1 aromatic heterocycles. The molecule has 1 heterocycles. The molecule has 2 aromatic rings. The normalized spacial score (nSPS) is 12.1. The van der Waals surface area contributed by atoms with E-state index in [1.54, 1.807) is 30.3 Å². The standard InChI is InChI=1S/C13H13N3O4/c1-8-12(16(19)20)11(15-14-8)7-10(13(17)18)9-5-3-2-4-6-9/h2-6,10H,7H2,1H3,(H,14,15)(H,17,18). The van der Waals surface area contributed by atoms with Gasteiger partial charge < -0.3 is 5.11 Å². The first kappa shape index (κ1) is 13.7. The fraction of sp³-hybridized carbons (Fsp3) is 0.231. The van der Waals surface area contributed by atoms with Crippen LogP contribution in [0.25, 0.3) is 0 Å². The number of nitrogens with zero attached hydrogens (tertiary/aromatic N) is 2. The number of nitro groups is 1. The van der Waals surface area contributed by atoms with Crippen LogP contribution < -0.4 is 0 Å². The summed E-state index contributed by atoms with van der Waals surface area (Å²) in [4.78, 5) is 21.8. The molecular formula is C13H13N3O4. The number of carboxylic acid groups (broad SMARTS) is 1. The van der Waals surface area contributed by atoms with Gasteiger partial charge in [-0.3, -0.25) is 20.0 Å². The molecule has 7 heteroatoms. The molecule has 2 rings (SSSR count). The van der Waals surface area contributed by atoms with Gasteiger partial charge in [-0.25, -0.2) is 0 Å². The van der Waals surface area contributed by atoms with Crippen molar-refractivity contribution in [3.05, 3.63) is 57.4 Å². The van der Waals surface area contributed by atoms with Crippen molar-refractivity contribution in [1.29, 1.82) is 0 Å². The van der Waals surface area contributed by atoms with Gasteiger partial charge in [-0.2, -0.15) is 5.10 Å².